The number of fused-ring (bicyclic) bond motifs is 1. The number of Topliss-reactive ketones (excluding diaryl/α,β-unsaturated/α-hetero) is 2. The second-order valence-electron chi connectivity index (χ2n) is 14.5. The van der Waals surface area contributed by atoms with Crippen molar-refractivity contribution in [3.8, 4) is 40.1 Å². The Bertz CT molecular complexity index is 1920. The lowest BCUT2D eigenvalue weighted by atomic mass is 9.92. The van der Waals surface area contributed by atoms with E-state index in [1.807, 2.05) is 34.6 Å². The highest BCUT2D eigenvalue weighted by atomic mass is 16.6. The lowest BCUT2D eigenvalue weighted by Gasteiger charge is -2.21. The average Bonchev–Trinajstić information content (AvgIpc) is 3.17. The molecule has 0 atom stereocenters. The fourth-order valence-electron chi connectivity index (χ4n) is 6.39. The molecular weight excluding hydrogens is 732 g/mol. The molecular formula is C45H60O12. The zero-order chi connectivity index (χ0) is 41.9. The normalized spacial score (nSPS) is 11.1. The van der Waals surface area contributed by atoms with E-state index < -0.39 is 85.9 Å². The van der Waals surface area contributed by atoms with Crippen LogP contribution in [0.3, 0.4) is 0 Å². The van der Waals surface area contributed by atoms with Crippen molar-refractivity contribution in [2.45, 2.75) is 163 Å². The van der Waals surface area contributed by atoms with Crippen molar-refractivity contribution < 1.29 is 52.8 Å². The molecule has 3 aromatic rings. The van der Waals surface area contributed by atoms with Crippen LogP contribution in [-0.4, -0.2) is 39.7 Å². The molecule has 57 heavy (non-hydrogen) atoms. The van der Waals surface area contributed by atoms with Crippen LogP contribution in [0.2, 0.25) is 0 Å². The summed E-state index contributed by atoms with van der Waals surface area (Å²) in [5, 5.41) is 20.1. The van der Waals surface area contributed by atoms with Crippen molar-refractivity contribution in [3.63, 3.8) is 0 Å². The third kappa shape index (κ3) is 13.0. The van der Waals surface area contributed by atoms with Crippen molar-refractivity contribution in [2.24, 2.45) is 0 Å². The predicted molar refractivity (Wildman–Crippen MR) is 218 cm³/mol. The fourth-order valence-corrected chi connectivity index (χ4v) is 6.39. The number of unbranched alkanes of at least 4 members (excludes halogenated alkanes) is 10. The molecule has 2 N–H and O–H groups in total. The van der Waals surface area contributed by atoms with E-state index in [1.165, 1.54) is 6.07 Å². The van der Waals surface area contributed by atoms with Gasteiger partial charge in [0.15, 0.2) is 45.9 Å². The SMILES string of the molecule is CCCCCC(=O)Oc1c(C(=O)CCCCC)c(OC(=O)CCCCC)c2c(=O)c(OC(=O)CCCCC)c(-c3ccc(O)c(O)c3)oc2c1C(=O)CCCCC. The number of rotatable bonds is 26. The lowest BCUT2D eigenvalue weighted by Crippen LogP contribution is -2.22. The molecule has 0 spiro atoms. The Balaban J connectivity index is 2.63. The van der Waals surface area contributed by atoms with Gasteiger partial charge in [-0.2, -0.15) is 0 Å². The minimum absolute atomic E-state index is 0.0130. The summed E-state index contributed by atoms with van der Waals surface area (Å²) in [7, 11) is 0. The minimum atomic E-state index is -1.04. The summed E-state index contributed by atoms with van der Waals surface area (Å²) in [6.45, 7) is 9.82. The molecule has 0 fully saturated rings. The molecule has 2 aromatic carbocycles. The van der Waals surface area contributed by atoms with E-state index >= 15 is 4.79 Å². The largest absolute Gasteiger partial charge is 0.504 e. The summed E-state index contributed by atoms with van der Waals surface area (Å²) < 4.78 is 24.1. The Morgan fingerprint density at radius 2 is 0.947 bits per heavy atom. The fraction of sp³-hybridized carbons (Fsp3) is 0.556. The van der Waals surface area contributed by atoms with Crippen LogP contribution >= 0.6 is 0 Å². The highest BCUT2D eigenvalue weighted by Gasteiger charge is 2.36. The molecule has 0 saturated carbocycles. The maximum atomic E-state index is 15.0. The van der Waals surface area contributed by atoms with Crippen molar-refractivity contribution in [2.75, 3.05) is 0 Å². The maximum Gasteiger partial charge on any atom is 0.311 e. The molecule has 12 heteroatoms. The van der Waals surface area contributed by atoms with Gasteiger partial charge < -0.3 is 28.8 Å². The van der Waals surface area contributed by atoms with Crippen LogP contribution in [0.5, 0.6) is 28.7 Å². The van der Waals surface area contributed by atoms with Crippen LogP contribution in [0.1, 0.15) is 184 Å². The van der Waals surface area contributed by atoms with Crippen molar-refractivity contribution >= 4 is 40.4 Å². The van der Waals surface area contributed by atoms with E-state index in [0.717, 1.165) is 50.7 Å². The van der Waals surface area contributed by atoms with E-state index in [0.29, 0.717) is 57.8 Å². The van der Waals surface area contributed by atoms with Crippen molar-refractivity contribution in [1.29, 1.82) is 0 Å². The Morgan fingerprint density at radius 1 is 0.526 bits per heavy atom. The topological polar surface area (TPSA) is 184 Å². The number of phenols is 2. The van der Waals surface area contributed by atoms with Gasteiger partial charge in [0.25, 0.3) is 0 Å². The van der Waals surface area contributed by atoms with Crippen LogP contribution in [0.15, 0.2) is 27.4 Å². The van der Waals surface area contributed by atoms with E-state index in [1.54, 1.807) is 0 Å². The molecule has 1 heterocycles. The number of hydrogen-bond donors (Lipinski definition) is 2. The Morgan fingerprint density at radius 3 is 1.40 bits per heavy atom. The summed E-state index contributed by atoms with van der Waals surface area (Å²) in [6, 6.07) is 3.54. The smallest absolute Gasteiger partial charge is 0.311 e. The predicted octanol–water partition coefficient (Wildman–Crippen LogP) is 10.9. The molecule has 12 nitrogen and oxygen atoms in total. The highest BCUT2D eigenvalue weighted by molar-refractivity contribution is 6.17. The van der Waals surface area contributed by atoms with Gasteiger partial charge in [-0.1, -0.05) is 98.8 Å². The molecule has 1 aromatic heterocycles. The Labute approximate surface area is 335 Å². The molecule has 0 saturated heterocycles. The van der Waals surface area contributed by atoms with Gasteiger partial charge in [-0.3, -0.25) is 28.8 Å². The standard InChI is InChI=1S/C45H60O12/c1-6-11-16-21-31(47)37-42(54-34(50)23-18-13-8-3)38(32(48)22-17-12-7-2)44-39(43(37)55-35(51)24-19-14-9-4)40(53)45(56-36(52)25-20-15-10-5)41(57-44)29-26-27-30(46)33(49)28-29/h26-28,46,49H,6-25H2,1-5H3. The average molecular weight is 793 g/mol. The first kappa shape index (κ1) is 46.4. The highest BCUT2D eigenvalue weighted by Crippen LogP contribution is 2.46. The number of benzene rings is 2. The molecule has 0 unspecified atom stereocenters. The second kappa shape index (κ2) is 23.9. The van der Waals surface area contributed by atoms with Gasteiger partial charge in [0, 0.05) is 37.7 Å². The Kier molecular flexibility index (Phi) is 19.5. The second-order valence-corrected chi connectivity index (χ2v) is 14.5. The van der Waals surface area contributed by atoms with Crippen LogP contribution in [0.25, 0.3) is 22.3 Å². The molecule has 3 rings (SSSR count). The minimum Gasteiger partial charge on any atom is -0.504 e. The number of carbonyl (C=O) groups is 5. The summed E-state index contributed by atoms with van der Waals surface area (Å²) >= 11 is 0. The van der Waals surface area contributed by atoms with Crippen molar-refractivity contribution in [1.82, 2.24) is 0 Å². The van der Waals surface area contributed by atoms with Crippen LogP contribution in [0.4, 0.5) is 0 Å². The van der Waals surface area contributed by atoms with Gasteiger partial charge in [0.1, 0.15) is 16.5 Å². The number of ketones is 2. The van der Waals surface area contributed by atoms with E-state index in [9.17, 15) is 34.2 Å². The van der Waals surface area contributed by atoms with Crippen molar-refractivity contribution in [3.05, 3.63) is 39.5 Å². The van der Waals surface area contributed by atoms with E-state index in [4.69, 9.17) is 18.6 Å². The van der Waals surface area contributed by atoms with Gasteiger partial charge in [-0.05, 0) is 50.3 Å². The first-order valence-corrected chi connectivity index (χ1v) is 20.8. The number of carbonyl (C=O) groups excluding carboxylic acids is 5. The number of phenolic OH excluding ortho intramolecular Hbond substituents is 2. The van der Waals surface area contributed by atoms with Gasteiger partial charge in [0.05, 0.1) is 0 Å². The van der Waals surface area contributed by atoms with E-state index in [2.05, 4.69) is 0 Å². The molecule has 0 amide bonds. The first-order chi connectivity index (χ1) is 27.4. The quantitative estimate of drug-likeness (QED) is 0.0258. The van der Waals surface area contributed by atoms with E-state index in [-0.39, 0.29) is 43.2 Å². The molecule has 0 aliphatic carbocycles. The summed E-state index contributed by atoms with van der Waals surface area (Å²) in [6.07, 6.45) is 9.35. The molecule has 312 valence electrons. The zero-order valence-electron chi connectivity index (χ0n) is 34.4. The van der Waals surface area contributed by atoms with Gasteiger partial charge in [-0.25, -0.2) is 0 Å². The van der Waals surface area contributed by atoms with Gasteiger partial charge >= 0.3 is 17.9 Å². The first-order valence-electron chi connectivity index (χ1n) is 20.8. The van der Waals surface area contributed by atoms with Crippen LogP contribution in [0, 0.1) is 0 Å². The molecule has 0 aliphatic rings. The molecule has 0 aliphatic heterocycles. The molecule has 0 radical (unpaired) electrons. The number of aromatic hydroxyl groups is 2. The summed E-state index contributed by atoms with van der Waals surface area (Å²) in [5.74, 6) is -6.62. The zero-order valence-corrected chi connectivity index (χ0v) is 34.4. The third-order valence-electron chi connectivity index (χ3n) is 9.62. The molecule has 0 bridgehead atoms. The van der Waals surface area contributed by atoms with Gasteiger partial charge in [-0.15, -0.1) is 0 Å². The maximum absolute atomic E-state index is 15.0. The Hall–Kier alpha value is -5.00. The van der Waals surface area contributed by atoms with Crippen LogP contribution < -0.4 is 19.6 Å². The number of esters is 3. The summed E-state index contributed by atoms with van der Waals surface area (Å²) in [5.41, 5.74) is -2.27. The number of hydrogen-bond acceptors (Lipinski definition) is 12. The third-order valence-corrected chi connectivity index (χ3v) is 9.62. The lowest BCUT2D eigenvalue weighted by molar-refractivity contribution is -0.135. The van der Waals surface area contributed by atoms with Crippen LogP contribution in [-0.2, 0) is 14.4 Å². The number of ether oxygens (including phenoxy) is 3. The van der Waals surface area contributed by atoms with Gasteiger partial charge in [0.2, 0.25) is 11.2 Å². The monoisotopic (exact) mass is 792 g/mol. The summed E-state index contributed by atoms with van der Waals surface area (Å²) in [4.78, 5) is 84.3.